The molecule has 5 nitrogen and oxygen atoms in total. The van der Waals surface area contributed by atoms with Crippen LogP contribution in [0.3, 0.4) is 0 Å². The van der Waals surface area contributed by atoms with E-state index in [0.29, 0.717) is 13.2 Å². The Kier molecular flexibility index (Phi) is 4.85. The van der Waals surface area contributed by atoms with Crippen LogP contribution in [0.15, 0.2) is 41.5 Å². The van der Waals surface area contributed by atoms with Crippen molar-refractivity contribution in [1.82, 2.24) is 9.13 Å². The Morgan fingerprint density at radius 1 is 1.19 bits per heavy atom. The highest BCUT2D eigenvalue weighted by Gasteiger charge is 2.11. The topological polar surface area (TPSA) is 62.2 Å². The van der Waals surface area contributed by atoms with Crippen LogP contribution in [0.4, 0.5) is 0 Å². The van der Waals surface area contributed by atoms with Crippen LogP contribution >= 0.6 is 0 Å². The van der Waals surface area contributed by atoms with Crippen LogP contribution in [0.1, 0.15) is 38.4 Å². The molecule has 0 bridgehead atoms. The number of rotatable bonds is 6. The number of hydrogen-bond donors (Lipinski definition) is 1. The summed E-state index contributed by atoms with van der Waals surface area (Å²) in [5.41, 5.74) is 7.16. The molecule has 0 radical (unpaired) electrons. The van der Waals surface area contributed by atoms with Gasteiger partial charge in [-0.05, 0) is 38.5 Å². The smallest absolute Gasteiger partial charge is 0.328 e. The van der Waals surface area contributed by atoms with Gasteiger partial charge in [-0.25, -0.2) is 4.79 Å². The standard InChI is InChI=1S/C16H23N3O2/c1-4-21-14-7-5-13(6-8-14)15(17)11-18-9-10-19(12(2)3)16(18)20/h5-10,12,15H,4,11,17H2,1-3H3. The molecule has 0 amide bonds. The Morgan fingerprint density at radius 2 is 1.86 bits per heavy atom. The van der Waals surface area contributed by atoms with Crippen LogP contribution in [0.2, 0.25) is 0 Å². The highest BCUT2D eigenvalue weighted by Crippen LogP contribution is 2.17. The molecule has 0 fully saturated rings. The maximum absolute atomic E-state index is 12.2. The van der Waals surface area contributed by atoms with E-state index in [9.17, 15) is 4.79 Å². The number of nitrogens with zero attached hydrogens (tertiary/aromatic N) is 2. The van der Waals surface area contributed by atoms with Gasteiger partial charge in [-0.15, -0.1) is 0 Å². The predicted molar refractivity (Wildman–Crippen MR) is 83.6 cm³/mol. The molecule has 21 heavy (non-hydrogen) atoms. The summed E-state index contributed by atoms with van der Waals surface area (Å²) in [6.07, 6.45) is 3.59. The molecule has 0 spiro atoms. The first-order valence-corrected chi connectivity index (χ1v) is 7.28. The Balaban J connectivity index is 2.10. The van der Waals surface area contributed by atoms with Crippen molar-refractivity contribution in [2.45, 2.75) is 39.4 Å². The molecule has 0 aliphatic rings. The van der Waals surface area contributed by atoms with Gasteiger partial charge in [-0.2, -0.15) is 0 Å². The normalized spacial score (nSPS) is 12.6. The van der Waals surface area contributed by atoms with Gasteiger partial charge in [0.1, 0.15) is 5.75 Å². The van der Waals surface area contributed by atoms with Crippen LogP contribution in [0.5, 0.6) is 5.75 Å². The molecule has 2 aromatic rings. The molecule has 1 unspecified atom stereocenters. The number of ether oxygens (including phenoxy) is 1. The first-order chi connectivity index (χ1) is 10.0. The molecular formula is C16H23N3O2. The Hall–Kier alpha value is -2.01. The van der Waals surface area contributed by atoms with Crippen LogP contribution in [-0.2, 0) is 6.54 Å². The minimum atomic E-state index is -0.221. The molecule has 114 valence electrons. The van der Waals surface area contributed by atoms with Crippen LogP contribution < -0.4 is 16.2 Å². The Morgan fingerprint density at radius 3 is 2.38 bits per heavy atom. The van der Waals surface area contributed by atoms with E-state index in [2.05, 4.69) is 0 Å². The van der Waals surface area contributed by atoms with Crippen molar-refractivity contribution in [3.8, 4) is 5.75 Å². The van der Waals surface area contributed by atoms with E-state index in [1.807, 2.05) is 45.0 Å². The fraction of sp³-hybridized carbons (Fsp3) is 0.438. The van der Waals surface area contributed by atoms with Crippen molar-refractivity contribution >= 4 is 0 Å². The summed E-state index contributed by atoms with van der Waals surface area (Å²) in [4.78, 5) is 12.2. The van der Waals surface area contributed by atoms with Crippen molar-refractivity contribution in [3.05, 3.63) is 52.7 Å². The SMILES string of the molecule is CCOc1ccc(C(N)Cn2ccn(C(C)C)c2=O)cc1. The summed E-state index contributed by atoms with van der Waals surface area (Å²) < 4.78 is 8.76. The minimum absolute atomic E-state index is 0.0219. The number of aromatic nitrogens is 2. The predicted octanol–water partition coefficient (Wildman–Crippen LogP) is 2.33. The van der Waals surface area contributed by atoms with Gasteiger partial charge in [0.05, 0.1) is 6.61 Å². The van der Waals surface area contributed by atoms with Crippen LogP contribution in [-0.4, -0.2) is 15.7 Å². The van der Waals surface area contributed by atoms with Crippen LogP contribution in [0, 0.1) is 0 Å². The molecule has 2 N–H and O–H groups in total. The summed E-state index contributed by atoms with van der Waals surface area (Å²) >= 11 is 0. The largest absolute Gasteiger partial charge is 0.494 e. The Labute approximate surface area is 125 Å². The number of benzene rings is 1. The highest BCUT2D eigenvalue weighted by atomic mass is 16.5. The summed E-state index contributed by atoms with van der Waals surface area (Å²) in [7, 11) is 0. The fourth-order valence-electron chi connectivity index (χ4n) is 2.26. The van der Waals surface area contributed by atoms with Crippen LogP contribution in [0.25, 0.3) is 0 Å². The third-order valence-corrected chi connectivity index (χ3v) is 3.44. The van der Waals surface area contributed by atoms with Gasteiger partial charge in [-0.3, -0.25) is 9.13 Å². The molecule has 5 heteroatoms. The Bertz CT molecular complexity index is 626. The number of imidazole rings is 1. The van der Waals surface area contributed by atoms with E-state index >= 15 is 0 Å². The second kappa shape index (κ2) is 6.63. The number of hydrogen-bond acceptors (Lipinski definition) is 3. The minimum Gasteiger partial charge on any atom is -0.494 e. The molecule has 0 saturated heterocycles. The summed E-state index contributed by atoms with van der Waals surface area (Å²) in [5.74, 6) is 0.830. The summed E-state index contributed by atoms with van der Waals surface area (Å²) in [5, 5.41) is 0. The van der Waals surface area contributed by atoms with E-state index in [1.165, 1.54) is 0 Å². The zero-order valence-corrected chi connectivity index (χ0v) is 12.8. The molecule has 1 aromatic heterocycles. The van der Waals surface area contributed by atoms with E-state index in [4.69, 9.17) is 10.5 Å². The zero-order chi connectivity index (χ0) is 15.4. The first kappa shape index (κ1) is 15.4. The van der Waals surface area contributed by atoms with Gasteiger partial charge in [0.2, 0.25) is 0 Å². The van der Waals surface area contributed by atoms with Crippen molar-refractivity contribution in [2.75, 3.05) is 6.61 Å². The second-order valence-corrected chi connectivity index (χ2v) is 5.34. The average molecular weight is 289 g/mol. The van der Waals surface area contributed by atoms with Gasteiger partial charge >= 0.3 is 5.69 Å². The van der Waals surface area contributed by atoms with Gasteiger partial charge < -0.3 is 10.5 Å². The monoisotopic (exact) mass is 289 g/mol. The molecule has 0 saturated carbocycles. The quantitative estimate of drug-likeness (QED) is 0.887. The second-order valence-electron chi connectivity index (χ2n) is 5.34. The lowest BCUT2D eigenvalue weighted by molar-refractivity contribution is 0.340. The van der Waals surface area contributed by atoms with Gasteiger partial charge in [0, 0.05) is 31.0 Å². The maximum atomic E-state index is 12.2. The van der Waals surface area contributed by atoms with E-state index < -0.39 is 0 Å². The third-order valence-electron chi connectivity index (χ3n) is 3.44. The average Bonchev–Trinajstić information content (AvgIpc) is 2.81. The molecule has 2 rings (SSSR count). The first-order valence-electron chi connectivity index (χ1n) is 7.28. The van der Waals surface area contributed by atoms with Crippen molar-refractivity contribution < 1.29 is 4.74 Å². The van der Waals surface area contributed by atoms with E-state index in [-0.39, 0.29) is 17.8 Å². The molecule has 0 aliphatic heterocycles. The van der Waals surface area contributed by atoms with Crippen molar-refractivity contribution in [2.24, 2.45) is 5.73 Å². The molecule has 0 aliphatic carbocycles. The molecule has 1 heterocycles. The summed E-state index contributed by atoms with van der Waals surface area (Å²) in [6.45, 7) is 7.03. The maximum Gasteiger partial charge on any atom is 0.328 e. The molecule has 1 atom stereocenters. The van der Waals surface area contributed by atoms with Gasteiger partial charge in [0.15, 0.2) is 0 Å². The van der Waals surface area contributed by atoms with Gasteiger partial charge in [-0.1, -0.05) is 12.1 Å². The third kappa shape index (κ3) is 3.55. The highest BCUT2D eigenvalue weighted by molar-refractivity contribution is 5.29. The van der Waals surface area contributed by atoms with E-state index in [0.717, 1.165) is 11.3 Å². The van der Waals surface area contributed by atoms with Crippen molar-refractivity contribution in [3.63, 3.8) is 0 Å². The lowest BCUT2D eigenvalue weighted by atomic mass is 10.1. The zero-order valence-electron chi connectivity index (χ0n) is 12.8. The summed E-state index contributed by atoms with van der Waals surface area (Å²) in [6, 6.07) is 7.63. The lowest BCUT2D eigenvalue weighted by Gasteiger charge is -2.13. The fourth-order valence-corrected chi connectivity index (χ4v) is 2.26. The van der Waals surface area contributed by atoms with E-state index in [1.54, 1.807) is 21.5 Å². The lowest BCUT2D eigenvalue weighted by Crippen LogP contribution is -2.29. The molecule has 1 aromatic carbocycles. The number of nitrogens with two attached hydrogens (primary N) is 1. The molecular weight excluding hydrogens is 266 g/mol. The van der Waals surface area contributed by atoms with Crippen molar-refractivity contribution in [1.29, 1.82) is 0 Å². The van der Waals surface area contributed by atoms with Gasteiger partial charge in [0.25, 0.3) is 0 Å².